The van der Waals surface area contributed by atoms with E-state index in [1.807, 2.05) is 30.3 Å². The molecule has 0 unspecified atom stereocenters. The third-order valence-corrected chi connectivity index (χ3v) is 4.46. The fourth-order valence-corrected chi connectivity index (χ4v) is 2.81. The molecule has 1 aromatic heterocycles. The number of nitrogens with zero attached hydrogens (tertiary/aromatic N) is 2. The minimum Gasteiger partial charge on any atom is -0.353 e. The van der Waals surface area contributed by atoms with Gasteiger partial charge in [-0.05, 0) is 61.5 Å². The summed E-state index contributed by atoms with van der Waals surface area (Å²) in [6.45, 7) is 4.50. The molecule has 0 saturated heterocycles. The molecule has 0 aliphatic rings. The highest BCUT2D eigenvalue weighted by atomic mass is 79.9. The summed E-state index contributed by atoms with van der Waals surface area (Å²) >= 11 is 8.74. The molecule has 0 aliphatic carbocycles. The van der Waals surface area contributed by atoms with Crippen molar-refractivity contribution in [3.63, 3.8) is 0 Å². The Labute approximate surface area is 160 Å². The van der Waals surface area contributed by atoms with Crippen molar-refractivity contribution in [2.45, 2.75) is 20.4 Å². The minimum absolute atomic E-state index is 0.359. The van der Waals surface area contributed by atoms with Crippen molar-refractivity contribution >= 4 is 38.9 Å². The third-order valence-electron chi connectivity index (χ3n) is 3.72. The van der Waals surface area contributed by atoms with Crippen LogP contribution in [0, 0.1) is 13.8 Å². The van der Waals surface area contributed by atoms with Crippen molar-refractivity contribution in [3.05, 3.63) is 64.0 Å². The zero-order valence-electron chi connectivity index (χ0n) is 13.8. The van der Waals surface area contributed by atoms with Crippen LogP contribution in [0.4, 0.5) is 5.69 Å². The normalized spacial score (nSPS) is 10.5. The van der Waals surface area contributed by atoms with E-state index >= 15 is 0 Å². The summed E-state index contributed by atoms with van der Waals surface area (Å²) in [6.07, 6.45) is 0. The molecule has 0 amide bonds. The number of rotatable bonds is 4. The molecule has 0 radical (unpaired) electrons. The van der Waals surface area contributed by atoms with Crippen LogP contribution in [-0.4, -0.2) is 15.3 Å². The van der Waals surface area contributed by atoms with Gasteiger partial charge in [-0.1, -0.05) is 39.3 Å². The summed E-state index contributed by atoms with van der Waals surface area (Å²) in [6, 6.07) is 13.9. The van der Waals surface area contributed by atoms with Gasteiger partial charge in [-0.15, -0.1) is 0 Å². The maximum atomic E-state index is 5.31. The Bertz CT molecular complexity index is 910. The number of anilines is 1. The first-order valence-corrected chi connectivity index (χ1v) is 8.92. The molecule has 2 aromatic carbocycles. The zero-order chi connectivity index (χ0) is 17.8. The number of aromatic nitrogens is 2. The van der Waals surface area contributed by atoms with Gasteiger partial charge in [-0.25, -0.2) is 0 Å². The topological polar surface area (TPSA) is 63.0 Å². The molecule has 0 atom stereocenters. The van der Waals surface area contributed by atoms with E-state index in [-0.39, 0.29) is 0 Å². The summed E-state index contributed by atoms with van der Waals surface area (Å²) in [4.78, 5) is 4.38. The van der Waals surface area contributed by atoms with E-state index in [2.05, 4.69) is 62.7 Å². The van der Waals surface area contributed by atoms with Gasteiger partial charge < -0.3 is 15.2 Å². The molecule has 1 heterocycles. The quantitative estimate of drug-likeness (QED) is 0.605. The summed E-state index contributed by atoms with van der Waals surface area (Å²) in [5, 5.41) is 10.7. The molecular formula is C18H17BrN4OS. The van der Waals surface area contributed by atoms with Crippen molar-refractivity contribution in [3.8, 4) is 11.4 Å². The second kappa shape index (κ2) is 7.76. The predicted octanol–water partition coefficient (Wildman–Crippen LogP) is 4.60. The first-order valence-electron chi connectivity index (χ1n) is 7.72. The van der Waals surface area contributed by atoms with Gasteiger partial charge >= 0.3 is 0 Å². The maximum absolute atomic E-state index is 5.31. The number of nitrogens with one attached hydrogen (secondary N) is 2. The number of aryl methyl sites for hydroxylation is 2. The summed E-state index contributed by atoms with van der Waals surface area (Å²) in [7, 11) is 0. The van der Waals surface area contributed by atoms with E-state index in [1.165, 1.54) is 11.1 Å². The molecule has 3 rings (SSSR count). The zero-order valence-corrected chi connectivity index (χ0v) is 16.2. The highest BCUT2D eigenvalue weighted by Crippen LogP contribution is 2.20. The monoisotopic (exact) mass is 416 g/mol. The fraction of sp³-hybridized carbons (Fsp3) is 0.167. The number of hydrogen-bond donors (Lipinski definition) is 2. The third kappa shape index (κ3) is 4.64. The molecule has 0 spiro atoms. The molecule has 25 heavy (non-hydrogen) atoms. The first kappa shape index (κ1) is 17.6. The number of halogens is 1. The number of benzene rings is 2. The minimum atomic E-state index is 0.359. The highest BCUT2D eigenvalue weighted by Gasteiger charge is 2.09. The van der Waals surface area contributed by atoms with Gasteiger partial charge in [0.05, 0.1) is 6.54 Å². The van der Waals surface area contributed by atoms with Crippen LogP contribution in [0.1, 0.15) is 17.0 Å². The van der Waals surface area contributed by atoms with Gasteiger partial charge in [0.25, 0.3) is 0 Å². The second-order valence-corrected chi connectivity index (χ2v) is 6.95. The first-order chi connectivity index (χ1) is 12.0. The Morgan fingerprint density at radius 1 is 1.16 bits per heavy atom. The van der Waals surface area contributed by atoms with Crippen LogP contribution in [-0.2, 0) is 6.54 Å². The molecular weight excluding hydrogens is 400 g/mol. The van der Waals surface area contributed by atoms with Gasteiger partial charge in [-0.3, -0.25) is 0 Å². The maximum Gasteiger partial charge on any atom is 0.246 e. The Morgan fingerprint density at radius 3 is 2.76 bits per heavy atom. The van der Waals surface area contributed by atoms with E-state index in [0.717, 1.165) is 15.7 Å². The lowest BCUT2D eigenvalue weighted by Crippen LogP contribution is -2.28. The molecule has 0 fully saturated rings. The molecule has 0 bridgehead atoms. The number of hydrogen-bond acceptors (Lipinski definition) is 4. The van der Waals surface area contributed by atoms with E-state index in [4.69, 9.17) is 16.7 Å². The highest BCUT2D eigenvalue weighted by molar-refractivity contribution is 9.10. The average Bonchev–Trinajstić information content (AvgIpc) is 3.05. The van der Waals surface area contributed by atoms with Crippen LogP contribution in [0.5, 0.6) is 0 Å². The van der Waals surface area contributed by atoms with Gasteiger partial charge in [0, 0.05) is 15.7 Å². The average molecular weight is 417 g/mol. The van der Waals surface area contributed by atoms with Gasteiger partial charge in [0.1, 0.15) is 0 Å². The lowest BCUT2D eigenvalue weighted by Gasteiger charge is -2.10. The van der Waals surface area contributed by atoms with Crippen molar-refractivity contribution in [2.24, 2.45) is 0 Å². The van der Waals surface area contributed by atoms with Crippen LogP contribution in [0.25, 0.3) is 11.4 Å². The second-order valence-electron chi connectivity index (χ2n) is 5.63. The van der Waals surface area contributed by atoms with E-state index in [9.17, 15) is 0 Å². The summed E-state index contributed by atoms with van der Waals surface area (Å²) in [5.74, 6) is 1.02. The van der Waals surface area contributed by atoms with Crippen LogP contribution in [0.15, 0.2) is 51.5 Å². The Morgan fingerprint density at radius 2 is 2.00 bits per heavy atom. The van der Waals surface area contributed by atoms with Gasteiger partial charge in [0.2, 0.25) is 11.7 Å². The largest absolute Gasteiger partial charge is 0.353 e. The standard InChI is InChI=1S/C18H17BrN4OS/c1-11-6-7-15(8-12(11)2)21-18(25)20-10-16-22-17(23-24-16)13-4-3-5-14(19)9-13/h3-9H,10H2,1-2H3,(H2,20,21,25). The van der Waals surface area contributed by atoms with Crippen molar-refractivity contribution in [1.29, 1.82) is 0 Å². The smallest absolute Gasteiger partial charge is 0.246 e. The van der Waals surface area contributed by atoms with Crippen molar-refractivity contribution in [1.82, 2.24) is 15.5 Å². The molecule has 7 heteroatoms. The van der Waals surface area contributed by atoms with Crippen LogP contribution < -0.4 is 10.6 Å². The van der Waals surface area contributed by atoms with Crippen molar-refractivity contribution < 1.29 is 4.52 Å². The lowest BCUT2D eigenvalue weighted by atomic mass is 10.1. The van der Waals surface area contributed by atoms with E-state index < -0.39 is 0 Å². The molecule has 0 aliphatic heterocycles. The van der Waals surface area contributed by atoms with E-state index in [1.54, 1.807) is 0 Å². The molecule has 2 N–H and O–H groups in total. The molecule has 0 saturated carbocycles. The SMILES string of the molecule is Cc1ccc(NC(=S)NCc2nc(-c3cccc(Br)c3)no2)cc1C. The predicted molar refractivity (Wildman–Crippen MR) is 106 cm³/mol. The van der Waals surface area contributed by atoms with Gasteiger partial charge in [-0.2, -0.15) is 4.98 Å². The van der Waals surface area contributed by atoms with Crippen LogP contribution >= 0.6 is 28.1 Å². The molecule has 5 nitrogen and oxygen atoms in total. The Kier molecular flexibility index (Phi) is 5.45. The molecule has 3 aromatic rings. The lowest BCUT2D eigenvalue weighted by molar-refractivity contribution is 0.376. The summed E-state index contributed by atoms with van der Waals surface area (Å²) in [5.41, 5.74) is 4.29. The van der Waals surface area contributed by atoms with Crippen molar-refractivity contribution in [2.75, 3.05) is 5.32 Å². The summed E-state index contributed by atoms with van der Waals surface area (Å²) < 4.78 is 6.23. The molecule has 128 valence electrons. The Hall–Kier alpha value is -2.25. The van der Waals surface area contributed by atoms with Crippen LogP contribution in [0.3, 0.4) is 0 Å². The Balaban J connectivity index is 1.58. The van der Waals surface area contributed by atoms with Gasteiger partial charge in [0.15, 0.2) is 5.11 Å². The van der Waals surface area contributed by atoms with E-state index in [0.29, 0.717) is 23.4 Å². The fourth-order valence-electron chi connectivity index (χ4n) is 2.22. The number of thiocarbonyl (C=S) groups is 1. The van der Waals surface area contributed by atoms with Crippen LogP contribution in [0.2, 0.25) is 0 Å².